The number of hydrogen-bond donors (Lipinski definition) is 0. The molecular formula is C18H21N5O3S. The second-order valence-electron chi connectivity index (χ2n) is 6.32. The van der Waals surface area contributed by atoms with E-state index in [0.717, 1.165) is 23.4 Å². The minimum Gasteiger partial charge on any atom is -0.440 e. The van der Waals surface area contributed by atoms with E-state index in [2.05, 4.69) is 9.97 Å². The van der Waals surface area contributed by atoms with Crippen LogP contribution in [0.1, 0.15) is 34.4 Å². The number of ether oxygens (including phenoxy) is 1. The zero-order chi connectivity index (χ0) is 18.8. The molecule has 9 heteroatoms. The zero-order valence-corrected chi connectivity index (χ0v) is 16.2. The summed E-state index contributed by atoms with van der Waals surface area (Å²) in [7, 11) is 0. The van der Waals surface area contributed by atoms with Crippen molar-refractivity contribution in [2.45, 2.75) is 33.4 Å². The summed E-state index contributed by atoms with van der Waals surface area (Å²) < 4.78 is 13.2. The van der Waals surface area contributed by atoms with Crippen molar-refractivity contribution in [3.63, 3.8) is 0 Å². The SMILES string of the molecule is CCOCCn1nc(-c2ncc(C)o2)c2c1CCN(C(=O)c1cscn1)C2. The molecule has 0 unspecified atom stereocenters. The van der Waals surface area contributed by atoms with Gasteiger partial charge in [-0.05, 0) is 13.8 Å². The van der Waals surface area contributed by atoms with Gasteiger partial charge in [0.25, 0.3) is 5.91 Å². The molecule has 3 aromatic rings. The van der Waals surface area contributed by atoms with Crippen molar-refractivity contribution in [3.05, 3.63) is 39.8 Å². The van der Waals surface area contributed by atoms with Crippen LogP contribution in [0.15, 0.2) is 21.5 Å². The number of thiazole rings is 1. The van der Waals surface area contributed by atoms with E-state index in [4.69, 9.17) is 14.3 Å². The molecule has 0 bridgehead atoms. The van der Waals surface area contributed by atoms with Crippen LogP contribution in [0.5, 0.6) is 0 Å². The summed E-state index contributed by atoms with van der Waals surface area (Å²) in [4.78, 5) is 23.0. The first-order chi connectivity index (χ1) is 13.2. The van der Waals surface area contributed by atoms with Crippen molar-refractivity contribution in [1.82, 2.24) is 24.6 Å². The Kier molecular flexibility index (Phi) is 5.04. The molecule has 0 atom stereocenters. The number of oxazole rings is 1. The number of rotatable bonds is 6. The van der Waals surface area contributed by atoms with Gasteiger partial charge in [0.2, 0.25) is 5.89 Å². The van der Waals surface area contributed by atoms with Crippen molar-refractivity contribution in [2.24, 2.45) is 0 Å². The molecule has 0 radical (unpaired) electrons. The van der Waals surface area contributed by atoms with E-state index < -0.39 is 0 Å². The quantitative estimate of drug-likeness (QED) is 0.604. The fourth-order valence-electron chi connectivity index (χ4n) is 3.26. The molecule has 0 aromatic carbocycles. The van der Waals surface area contributed by atoms with Crippen LogP contribution in [0, 0.1) is 6.92 Å². The Bertz CT molecular complexity index is 931. The van der Waals surface area contributed by atoms with Gasteiger partial charge in [-0.1, -0.05) is 0 Å². The number of carbonyl (C=O) groups is 1. The molecule has 0 N–H and O–H groups in total. The van der Waals surface area contributed by atoms with Crippen LogP contribution in [0.2, 0.25) is 0 Å². The molecule has 8 nitrogen and oxygen atoms in total. The van der Waals surface area contributed by atoms with Crippen LogP contribution in [0.25, 0.3) is 11.6 Å². The van der Waals surface area contributed by atoms with Crippen molar-refractivity contribution >= 4 is 17.2 Å². The average molecular weight is 387 g/mol. The highest BCUT2D eigenvalue weighted by Crippen LogP contribution is 2.30. The van der Waals surface area contributed by atoms with Gasteiger partial charge in [-0.3, -0.25) is 9.48 Å². The van der Waals surface area contributed by atoms with Crippen molar-refractivity contribution < 1.29 is 13.9 Å². The van der Waals surface area contributed by atoms with E-state index in [1.54, 1.807) is 17.1 Å². The lowest BCUT2D eigenvalue weighted by Crippen LogP contribution is -2.36. The Hall–Kier alpha value is -2.52. The first kappa shape index (κ1) is 17.9. The molecule has 1 aliphatic rings. The molecule has 27 heavy (non-hydrogen) atoms. The highest BCUT2D eigenvalue weighted by molar-refractivity contribution is 7.07. The van der Waals surface area contributed by atoms with Gasteiger partial charge in [0.1, 0.15) is 11.5 Å². The van der Waals surface area contributed by atoms with Gasteiger partial charge in [0, 0.05) is 36.2 Å². The predicted octanol–water partition coefficient (Wildman–Crippen LogP) is 2.54. The third-order valence-corrected chi connectivity index (χ3v) is 5.13. The molecule has 0 spiro atoms. The number of hydrogen-bond acceptors (Lipinski definition) is 7. The monoisotopic (exact) mass is 387 g/mol. The summed E-state index contributed by atoms with van der Waals surface area (Å²) >= 11 is 1.42. The second-order valence-corrected chi connectivity index (χ2v) is 7.04. The molecule has 4 heterocycles. The molecule has 1 amide bonds. The molecule has 0 aliphatic carbocycles. The van der Waals surface area contributed by atoms with Crippen LogP contribution < -0.4 is 0 Å². The van der Waals surface area contributed by atoms with Crippen molar-refractivity contribution in [2.75, 3.05) is 19.8 Å². The lowest BCUT2D eigenvalue weighted by molar-refractivity contribution is 0.0727. The van der Waals surface area contributed by atoms with Crippen LogP contribution in [0.4, 0.5) is 0 Å². The summed E-state index contributed by atoms with van der Waals surface area (Å²) in [5.41, 5.74) is 4.96. The van der Waals surface area contributed by atoms with Crippen LogP contribution >= 0.6 is 11.3 Å². The van der Waals surface area contributed by atoms with Crippen molar-refractivity contribution in [3.8, 4) is 11.6 Å². The van der Waals surface area contributed by atoms with Gasteiger partial charge in [-0.25, -0.2) is 9.97 Å². The number of aryl methyl sites for hydroxylation is 1. The summed E-state index contributed by atoms with van der Waals surface area (Å²) in [6, 6.07) is 0. The number of carbonyl (C=O) groups excluding carboxylic acids is 1. The topological polar surface area (TPSA) is 86.3 Å². The fraction of sp³-hybridized carbons (Fsp3) is 0.444. The molecule has 0 saturated heterocycles. The smallest absolute Gasteiger partial charge is 0.273 e. The lowest BCUT2D eigenvalue weighted by atomic mass is 10.0. The lowest BCUT2D eigenvalue weighted by Gasteiger charge is -2.27. The third kappa shape index (κ3) is 3.52. The van der Waals surface area contributed by atoms with E-state index in [1.807, 2.05) is 23.4 Å². The minimum absolute atomic E-state index is 0.0569. The van der Waals surface area contributed by atoms with Crippen LogP contribution in [-0.4, -0.2) is 50.3 Å². The predicted molar refractivity (Wildman–Crippen MR) is 99.5 cm³/mol. The maximum atomic E-state index is 12.7. The zero-order valence-electron chi connectivity index (χ0n) is 15.3. The highest BCUT2D eigenvalue weighted by Gasteiger charge is 2.30. The van der Waals surface area contributed by atoms with Gasteiger partial charge in [0.15, 0.2) is 5.69 Å². The van der Waals surface area contributed by atoms with Crippen LogP contribution in [0.3, 0.4) is 0 Å². The van der Waals surface area contributed by atoms with E-state index in [-0.39, 0.29) is 5.91 Å². The largest absolute Gasteiger partial charge is 0.440 e. The standard InChI is InChI=1S/C18H21N5O3S/c1-3-25-7-6-23-15-4-5-22(18(24)14-10-27-11-20-14)9-13(15)16(21-23)17-19-8-12(2)26-17/h8,10-11H,3-7,9H2,1-2H3. The number of fused-ring (bicyclic) bond motifs is 1. The van der Waals surface area contributed by atoms with Crippen LogP contribution in [-0.2, 0) is 24.2 Å². The first-order valence-electron chi connectivity index (χ1n) is 8.94. The van der Waals surface area contributed by atoms with E-state index in [9.17, 15) is 4.79 Å². The van der Waals surface area contributed by atoms with E-state index in [1.165, 1.54) is 11.3 Å². The summed E-state index contributed by atoms with van der Waals surface area (Å²) in [5, 5.41) is 6.51. The summed E-state index contributed by atoms with van der Waals surface area (Å²) in [6.45, 7) is 6.86. The summed E-state index contributed by atoms with van der Waals surface area (Å²) in [6.07, 6.45) is 2.41. The number of nitrogens with zero attached hydrogens (tertiary/aromatic N) is 5. The fourth-order valence-corrected chi connectivity index (χ4v) is 3.79. The molecule has 142 valence electrons. The van der Waals surface area contributed by atoms with Gasteiger partial charge >= 0.3 is 0 Å². The maximum Gasteiger partial charge on any atom is 0.273 e. The van der Waals surface area contributed by atoms with E-state index >= 15 is 0 Å². The molecule has 1 aliphatic heterocycles. The maximum absolute atomic E-state index is 12.7. The molecule has 0 saturated carbocycles. The average Bonchev–Trinajstić information content (AvgIpc) is 3.41. The minimum atomic E-state index is -0.0569. The Morgan fingerprint density at radius 2 is 2.30 bits per heavy atom. The van der Waals surface area contributed by atoms with Crippen molar-refractivity contribution in [1.29, 1.82) is 0 Å². The highest BCUT2D eigenvalue weighted by atomic mass is 32.1. The van der Waals surface area contributed by atoms with E-state index in [0.29, 0.717) is 50.1 Å². The van der Waals surface area contributed by atoms with Gasteiger partial charge < -0.3 is 14.1 Å². The summed E-state index contributed by atoms with van der Waals surface area (Å²) in [5.74, 6) is 1.16. The third-order valence-electron chi connectivity index (χ3n) is 4.55. The normalized spacial score (nSPS) is 13.8. The Morgan fingerprint density at radius 1 is 1.41 bits per heavy atom. The Morgan fingerprint density at radius 3 is 3.00 bits per heavy atom. The molecular weight excluding hydrogens is 366 g/mol. The second kappa shape index (κ2) is 7.61. The van der Waals surface area contributed by atoms with Gasteiger partial charge in [-0.2, -0.15) is 5.10 Å². The van der Waals surface area contributed by atoms with Gasteiger partial charge in [0.05, 0.1) is 31.4 Å². The number of amides is 1. The Labute approximate surface area is 160 Å². The molecule has 4 rings (SSSR count). The first-order valence-corrected chi connectivity index (χ1v) is 9.88. The number of aromatic nitrogens is 4. The molecule has 0 fully saturated rings. The Balaban J connectivity index is 1.66. The molecule has 3 aromatic heterocycles. The van der Waals surface area contributed by atoms with Gasteiger partial charge in [-0.15, -0.1) is 11.3 Å².